The van der Waals surface area contributed by atoms with E-state index in [1.54, 1.807) is 19.1 Å². The third kappa shape index (κ3) is 3.24. The zero-order valence-corrected chi connectivity index (χ0v) is 11.6. The summed E-state index contributed by atoms with van der Waals surface area (Å²) < 4.78 is 14.1. The van der Waals surface area contributed by atoms with E-state index in [9.17, 15) is 9.18 Å². The third-order valence-electron chi connectivity index (χ3n) is 2.58. The van der Waals surface area contributed by atoms with Crippen LogP contribution in [-0.4, -0.2) is 15.8 Å². The second kappa shape index (κ2) is 5.87. The lowest BCUT2D eigenvalue weighted by Gasteiger charge is -2.07. The van der Waals surface area contributed by atoms with Crippen molar-refractivity contribution in [3.63, 3.8) is 0 Å². The minimum Gasteiger partial charge on any atom is -0.384 e. The number of nitrogens with two attached hydrogens (primary N) is 1. The Hall–Kier alpha value is -2.15. The molecule has 1 aromatic heterocycles. The third-order valence-corrected chi connectivity index (χ3v) is 3.50. The molecule has 1 aromatic carbocycles. The highest BCUT2D eigenvalue weighted by Crippen LogP contribution is 2.22. The SMILES string of the molecule is Cc1cc(=O)[nH]c(SCc2cccc(C(=N)N)c2F)n1. The first-order valence-electron chi connectivity index (χ1n) is 5.80. The van der Waals surface area contributed by atoms with Crippen LogP contribution in [-0.2, 0) is 5.75 Å². The van der Waals surface area contributed by atoms with Crippen molar-refractivity contribution in [2.24, 2.45) is 5.73 Å². The van der Waals surface area contributed by atoms with Gasteiger partial charge in [0.05, 0.1) is 5.56 Å². The average molecular weight is 292 g/mol. The van der Waals surface area contributed by atoms with E-state index in [0.29, 0.717) is 22.2 Å². The van der Waals surface area contributed by atoms with Gasteiger partial charge in [-0.1, -0.05) is 23.9 Å². The standard InChI is InChI=1S/C13H13FN4OS/c1-7-5-10(19)18-13(17-7)20-6-8-3-2-4-9(11(8)14)12(15)16/h2-5H,6H2,1H3,(H3,15,16)(H,17,18,19). The first-order valence-corrected chi connectivity index (χ1v) is 6.78. The molecule has 0 atom stereocenters. The molecular formula is C13H13FN4OS. The maximum absolute atomic E-state index is 14.1. The van der Waals surface area contributed by atoms with Crippen LogP contribution in [0.4, 0.5) is 4.39 Å². The first kappa shape index (κ1) is 14.3. The summed E-state index contributed by atoms with van der Waals surface area (Å²) in [5.41, 5.74) is 6.16. The van der Waals surface area contributed by atoms with Gasteiger partial charge in [-0.05, 0) is 18.6 Å². The van der Waals surface area contributed by atoms with Gasteiger partial charge in [-0.15, -0.1) is 0 Å². The number of nitrogens with zero attached hydrogens (tertiary/aromatic N) is 1. The number of aromatic nitrogens is 2. The number of benzene rings is 1. The Labute approximate surface area is 118 Å². The minimum absolute atomic E-state index is 0.0776. The van der Waals surface area contributed by atoms with Gasteiger partial charge < -0.3 is 10.7 Å². The van der Waals surface area contributed by atoms with Crippen molar-refractivity contribution in [1.82, 2.24) is 9.97 Å². The average Bonchev–Trinajstić information content (AvgIpc) is 2.36. The van der Waals surface area contributed by atoms with E-state index >= 15 is 0 Å². The number of H-pyrrole nitrogens is 1. The van der Waals surface area contributed by atoms with Crippen LogP contribution in [0.2, 0.25) is 0 Å². The van der Waals surface area contributed by atoms with Crippen molar-refractivity contribution in [2.75, 3.05) is 0 Å². The van der Waals surface area contributed by atoms with E-state index in [-0.39, 0.29) is 17.0 Å². The van der Waals surface area contributed by atoms with Gasteiger partial charge in [-0.25, -0.2) is 9.37 Å². The van der Waals surface area contributed by atoms with Crippen molar-refractivity contribution < 1.29 is 4.39 Å². The Morgan fingerprint density at radius 2 is 2.30 bits per heavy atom. The molecule has 7 heteroatoms. The van der Waals surface area contributed by atoms with Crippen LogP contribution in [0.5, 0.6) is 0 Å². The summed E-state index contributed by atoms with van der Waals surface area (Å²) >= 11 is 1.22. The maximum atomic E-state index is 14.1. The molecule has 0 saturated heterocycles. The van der Waals surface area contributed by atoms with E-state index < -0.39 is 5.82 Å². The molecule has 0 radical (unpaired) electrons. The van der Waals surface area contributed by atoms with Crippen molar-refractivity contribution in [1.29, 1.82) is 5.41 Å². The number of halogens is 1. The normalized spacial score (nSPS) is 10.5. The lowest BCUT2D eigenvalue weighted by Crippen LogP contribution is -2.14. The number of hydrogen-bond acceptors (Lipinski definition) is 4. The molecule has 4 N–H and O–H groups in total. The van der Waals surface area contributed by atoms with Crippen LogP contribution in [0, 0.1) is 18.2 Å². The van der Waals surface area contributed by atoms with Gasteiger partial charge in [0.25, 0.3) is 5.56 Å². The van der Waals surface area contributed by atoms with E-state index in [0.717, 1.165) is 0 Å². The molecule has 20 heavy (non-hydrogen) atoms. The zero-order valence-electron chi connectivity index (χ0n) is 10.7. The number of hydrogen-bond donors (Lipinski definition) is 3. The number of thioether (sulfide) groups is 1. The minimum atomic E-state index is -0.512. The fourth-order valence-corrected chi connectivity index (χ4v) is 2.56. The van der Waals surface area contributed by atoms with Crippen molar-refractivity contribution in [2.45, 2.75) is 17.8 Å². The Morgan fingerprint density at radius 1 is 1.55 bits per heavy atom. The number of aryl methyl sites for hydroxylation is 1. The highest BCUT2D eigenvalue weighted by atomic mass is 32.2. The second-order valence-corrected chi connectivity index (χ2v) is 5.14. The highest BCUT2D eigenvalue weighted by molar-refractivity contribution is 7.98. The van der Waals surface area contributed by atoms with Gasteiger partial charge in [0.2, 0.25) is 0 Å². The number of amidine groups is 1. The molecule has 0 spiro atoms. The van der Waals surface area contributed by atoms with E-state index in [4.69, 9.17) is 11.1 Å². The van der Waals surface area contributed by atoms with Crippen molar-refractivity contribution >= 4 is 17.6 Å². The highest BCUT2D eigenvalue weighted by Gasteiger charge is 2.11. The quantitative estimate of drug-likeness (QED) is 0.346. The van der Waals surface area contributed by atoms with Gasteiger partial charge in [0, 0.05) is 17.5 Å². The smallest absolute Gasteiger partial charge is 0.251 e. The van der Waals surface area contributed by atoms with Crippen molar-refractivity contribution in [3.8, 4) is 0 Å². The van der Waals surface area contributed by atoms with Crippen LogP contribution in [0.15, 0.2) is 34.2 Å². The molecule has 2 rings (SSSR count). The molecule has 0 unspecified atom stereocenters. The molecule has 0 aliphatic rings. The first-order chi connectivity index (χ1) is 9.47. The number of rotatable bonds is 4. The molecule has 1 heterocycles. The molecule has 104 valence electrons. The zero-order chi connectivity index (χ0) is 14.7. The summed E-state index contributed by atoms with van der Waals surface area (Å²) in [5.74, 6) is -0.529. The summed E-state index contributed by atoms with van der Waals surface area (Å²) in [6.07, 6.45) is 0. The molecule has 5 nitrogen and oxygen atoms in total. The Kier molecular flexibility index (Phi) is 4.19. The molecule has 2 aromatic rings. The van der Waals surface area contributed by atoms with Crippen LogP contribution in [0.3, 0.4) is 0 Å². The predicted molar refractivity (Wildman–Crippen MR) is 76.6 cm³/mol. The van der Waals surface area contributed by atoms with Gasteiger partial charge in [0.1, 0.15) is 11.7 Å². The Bertz CT molecular complexity index is 714. The Balaban J connectivity index is 2.21. The largest absolute Gasteiger partial charge is 0.384 e. The molecule has 0 saturated carbocycles. The summed E-state index contributed by atoms with van der Waals surface area (Å²) in [4.78, 5) is 18.0. The van der Waals surface area contributed by atoms with E-state index in [2.05, 4.69) is 9.97 Å². The summed E-state index contributed by atoms with van der Waals surface area (Å²) in [6.45, 7) is 1.72. The van der Waals surface area contributed by atoms with Crippen LogP contribution in [0.25, 0.3) is 0 Å². The molecular weight excluding hydrogens is 279 g/mol. The van der Waals surface area contributed by atoms with Gasteiger partial charge in [-0.3, -0.25) is 10.2 Å². The predicted octanol–water partition coefficient (Wildman–Crippen LogP) is 1.79. The summed E-state index contributed by atoms with van der Waals surface area (Å²) in [6, 6.07) is 6.10. The Morgan fingerprint density at radius 3 is 2.95 bits per heavy atom. The molecule has 0 aliphatic carbocycles. The number of nitrogens with one attached hydrogen (secondary N) is 2. The van der Waals surface area contributed by atoms with Crippen LogP contribution >= 0.6 is 11.8 Å². The number of aromatic amines is 1. The summed E-state index contributed by atoms with van der Waals surface area (Å²) in [7, 11) is 0. The maximum Gasteiger partial charge on any atom is 0.251 e. The van der Waals surface area contributed by atoms with Gasteiger partial charge >= 0.3 is 0 Å². The van der Waals surface area contributed by atoms with E-state index in [1.807, 2.05) is 0 Å². The summed E-state index contributed by atoms with van der Waals surface area (Å²) in [5, 5.41) is 7.73. The molecule has 0 aliphatic heterocycles. The fraction of sp³-hybridized carbons (Fsp3) is 0.154. The second-order valence-electron chi connectivity index (χ2n) is 4.17. The lowest BCUT2D eigenvalue weighted by molar-refractivity contribution is 0.614. The lowest BCUT2D eigenvalue weighted by atomic mass is 10.1. The van der Waals surface area contributed by atoms with Gasteiger partial charge in [-0.2, -0.15) is 0 Å². The fourth-order valence-electron chi connectivity index (χ4n) is 1.67. The van der Waals surface area contributed by atoms with E-state index in [1.165, 1.54) is 23.9 Å². The number of nitrogen functional groups attached to an aromatic ring is 1. The topological polar surface area (TPSA) is 95.6 Å². The molecule has 0 fully saturated rings. The molecule has 0 amide bonds. The van der Waals surface area contributed by atoms with Crippen LogP contribution < -0.4 is 11.3 Å². The van der Waals surface area contributed by atoms with Gasteiger partial charge in [0.15, 0.2) is 5.16 Å². The monoisotopic (exact) mass is 292 g/mol. The van der Waals surface area contributed by atoms with Crippen LogP contribution in [0.1, 0.15) is 16.8 Å². The molecule has 0 bridgehead atoms. The van der Waals surface area contributed by atoms with Crippen molar-refractivity contribution in [3.05, 3.63) is 57.3 Å².